The molecule has 0 aliphatic heterocycles. The van der Waals surface area contributed by atoms with E-state index in [4.69, 9.17) is 9.90 Å². The van der Waals surface area contributed by atoms with Crippen molar-refractivity contribution >= 4 is 11.9 Å². The van der Waals surface area contributed by atoms with E-state index in [0.29, 0.717) is 17.0 Å². The summed E-state index contributed by atoms with van der Waals surface area (Å²) in [5.74, 6) is -3.77. The largest absolute Gasteiger partial charge is 0.490 e. The van der Waals surface area contributed by atoms with E-state index in [9.17, 15) is 23.1 Å². The molecule has 1 aromatic carbocycles. The van der Waals surface area contributed by atoms with Crippen molar-refractivity contribution in [2.45, 2.75) is 13.1 Å². The number of carbonyl (C=O) groups is 2. The van der Waals surface area contributed by atoms with Crippen LogP contribution in [0.3, 0.4) is 0 Å². The maximum Gasteiger partial charge on any atom is 0.490 e. The second-order valence-electron chi connectivity index (χ2n) is 5.48. The zero-order chi connectivity index (χ0) is 21.6. The highest BCUT2D eigenvalue weighted by Crippen LogP contribution is 2.35. The lowest BCUT2D eigenvalue weighted by Gasteiger charge is -2.14. The fourth-order valence-electron chi connectivity index (χ4n) is 2.36. The summed E-state index contributed by atoms with van der Waals surface area (Å²) in [6, 6.07) is 6.79. The number of hydrogen-bond donors (Lipinski definition) is 2. The Bertz CT molecular complexity index is 1010. The van der Waals surface area contributed by atoms with Gasteiger partial charge in [0.05, 0.1) is 17.0 Å². The molecule has 150 valence electrons. The maximum absolute atomic E-state index is 11.6. The van der Waals surface area contributed by atoms with Gasteiger partial charge in [0.2, 0.25) is 0 Å². The molecule has 2 heterocycles. The van der Waals surface area contributed by atoms with E-state index < -0.39 is 18.1 Å². The van der Waals surface area contributed by atoms with Gasteiger partial charge in [-0.15, -0.1) is 0 Å². The summed E-state index contributed by atoms with van der Waals surface area (Å²) in [7, 11) is 0. The quantitative estimate of drug-likeness (QED) is 0.679. The summed E-state index contributed by atoms with van der Waals surface area (Å²) < 4.78 is 31.7. The number of nitrogens with zero attached hydrogens (tertiary/aromatic N) is 4. The molecule has 0 saturated heterocycles. The second-order valence-corrected chi connectivity index (χ2v) is 5.48. The molecular formula is C18H13F3N4O4. The number of aryl methyl sites for hydroxylation is 1. The summed E-state index contributed by atoms with van der Waals surface area (Å²) >= 11 is 0. The first-order valence-electron chi connectivity index (χ1n) is 7.82. The first-order chi connectivity index (χ1) is 13.6. The summed E-state index contributed by atoms with van der Waals surface area (Å²) in [5.41, 5.74) is 3.57. The topological polar surface area (TPSA) is 126 Å². The number of benzene rings is 1. The Morgan fingerprint density at radius 3 is 1.72 bits per heavy atom. The molecule has 0 radical (unpaired) electrons. The predicted molar refractivity (Wildman–Crippen MR) is 93.9 cm³/mol. The maximum atomic E-state index is 11.6. The summed E-state index contributed by atoms with van der Waals surface area (Å²) in [6.07, 6.45) is 0.956. The number of hydrogen-bond acceptors (Lipinski definition) is 6. The van der Waals surface area contributed by atoms with Crippen LogP contribution in [-0.2, 0) is 4.79 Å². The van der Waals surface area contributed by atoms with Crippen LogP contribution >= 0.6 is 0 Å². The van der Waals surface area contributed by atoms with Gasteiger partial charge in [-0.3, -0.25) is 0 Å². The minimum atomic E-state index is -5.08. The monoisotopic (exact) mass is 406 g/mol. The Balaban J connectivity index is 0.000000370. The number of halogens is 3. The van der Waals surface area contributed by atoms with Crippen LogP contribution in [0, 0.1) is 6.92 Å². The molecule has 0 fully saturated rings. The molecular weight excluding hydrogens is 393 g/mol. The van der Waals surface area contributed by atoms with Gasteiger partial charge in [0.1, 0.15) is 12.7 Å². The molecule has 0 bridgehead atoms. The molecule has 0 spiro atoms. The molecule has 8 nitrogen and oxygen atoms in total. The SMILES string of the molecule is Cc1ccc(C(=O)O)c(-c2ccncn2)c1-c1ccncn1.O=C(O)C(F)(F)F. The Morgan fingerprint density at radius 2 is 1.34 bits per heavy atom. The van der Waals surface area contributed by atoms with Crippen molar-refractivity contribution in [1.82, 2.24) is 19.9 Å². The van der Waals surface area contributed by atoms with Crippen LogP contribution in [0.1, 0.15) is 15.9 Å². The van der Waals surface area contributed by atoms with Crippen LogP contribution in [0.4, 0.5) is 13.2 Å². The number of carboxylic acids is 2. The van der Waals surface area contributed by atoms with E-state index >= 15 is 0 Å². The van der Waals surface area contributed by atoms with Gasteiger partial charge < -0.3 is 10.2 Å². The third-order valence-electron chi connectivity index (χ3n) is 3.56. The molecule has 0 amide bonds. The van der Waals surface area contributed by atoms with E-state index in [1.54, 1.807) is 36.7 Å². The predicted octanol–water partition coefficient (Wildman–Crippen LogP) is 3.24. The van der Waals surface area contributed by atoms with Gasteiger partial charge in [-0.1, -0.05) is 6.07 Å². The molecule has 11 heteroatoms. The molecule has 29 heavy (non-hydrogen) atoms. The zero-order valence-corrected chi connectivity index (χ0v) is 14.8. The second kappa shape index (κ2) is 8.87. The van der Waals surface area contributed by atoms with E-state index in [1.165, 1.54) is 12.7 Å². The van der Waals surface area contributed by atoms with Crippen molar-refractivity contribution in [2.24, 2.45) is 0 Å². The number of aliphatic carboxylic acids is 1. The standard InChI is InChI=1S/C16H12N4O2.C2HF3O2/c1-10-2-3-11(16(21)22)15(13-5-7-18-9-20-13)14(10)12-4-6-17-8-19-12;3-2(4,5)1(6)7/h2-9H,1H3,(H,21,22);(H,6,7). The summed E-state index contributed by atoms with van der Waals surface area (Å²) in [6.45, 7) is 1.91. The summed E-state index contributed by atoms with van der Waals surface area (Å²) in [4.78, 5) is 36.8. The average Bonchev–Trinajstić information content (AvgIpc) is 2.68. The van der Waals surface area contributed by atoms with Gasteiger partial charge >= 0.3 is 18.1 Å². The molecule has 0 saturated carbocycles. The fraction of sp³-hybridized carbons (Fsp3) is 0.111. The Kier molecular flexibility index (Phi) is 6.55. The highest BCUT2D eigenvalue weighted by Gasteiger charge is 2.38. The zero-order valence-electron chi connectivity index (χ0n) is 14.8. The van der Waals surface area contributed by atoms with Gasteiger partial charge in [-0.25, -0.2) is 29.5 Å². The number of carboxylic acid groups (broad SMARTS) is 2. The Labute approximate surface area is 161 Å². The van der Waals surface area contributed by atoms with Crippen molar-refractivity contribution in [2.75, 3.05) is 0 Å². The molecule has 3 rings (SSSR count). The molecule has 0 aliphatic rings. The lowest BCUT2D eigenvalue weighted by Crippen LogP contribution is -2.21. The smallest absolute Gasteiger partial charge is 0.478 e. The molecule has 0 aliphatic carbocycles. The average molecular weight is 406 g/mol. The highest BCUT2D eigenvalue weighted by molar-refractivity contribution is 6.01. The van der Waals surface area contributed by atoms with E-state index in [-0.39, 0.29) is 5.56 Å². The number of aromatic carboxylic acids is 1. The minimum absolute atomic E-state index is 0.179. The fourth-order valence-corrected chi connectivity index (χ4v) is 2.36. The van der Waals surface area contributed by atoms with E-state index in [0.717, 1.165) is 11.1 Å². The van der Waals surface area contributed by atoms with Crippen molar-refractivity contribution in [3.63, 3.8) is 0 Å². The lowest BCUT2D eigenvalue weighted by atomic mass is 9.92. The summed E-state index contributed by atoms with van der Waals surface area (Å²) in [5, 5.41) is 16.6. The number of rotatable bonds is 3. The first-order valence-corrected chi connectivity index (χ1v) is 7.82. The molecule has 2 aromatic heterocycles. The number of aromatic nitrogens is 4. The lowest BCUT2D eigenvalue weighted by molar-refractivity contribution is -0.192. The third-order valence-corrected chi connectivity index (χ3v) is 3.56. The molecule has 2 N–H and O–H groups in total. The number of alkyl halides is 3. The normalized spacial score (nSPS) is 10.6. The Morgan fingerprint density at radius 1 is 0.862 bits per heavy atom. The van der Waals surface area contributed by atoms with Crippen LogP contribution in [0.5, 0.6) is 0 Å². The molecule has 0 atom stereocenters. The van der Waals surface area contributed by atoms with Gasteiger partial charge in [0.15, 0.2) is 0 Å². The minimum Gasteiger partial charge on any atom is -0.478 e. The third kappa shape index (κ3) is 5.31. The Hall–Kier alpha value is -3.89. The van der Waals surface area contributed by atoms with Gasteiger partial charge in [0, 0.05) is 23.5 Å². The van der Waals surface area contributed by atoms with Gasteiger partial charge in [-0.05, 0) is 30.7 Å². The van der Waals surface area contributed by atoms with Crippen molar-refractivity contribution in [3.05, 3.63) is 60.4 Å². The van der Waals surface area contributed by atoms with Crippen LogP contribution in [0.15, 0.2) is 49.3 Å². The van der Waals surface area contributed by atoms with Crippen LogP contribution in [0.2, 0.25) is 0 Å². The highest BCUT2D eigenvalue weighted by atomic mass is 19.4. The van der Waals surface area contributed by atoms with Crippen LogP contribution < -0.4 is 0 Å². The van der Waals surface area contributed by atoms with E-state index in [1.807, 2.05) is 6.92 Å². The van der Waals surface area contributed by atoms with Gasteiger partial charge in [0.25, 0.3) is 0 Å². The van der Waals surface area contributed by atoms with Crippen LogP contribution in [-0.4, -0.2) is 48.3 Å². The first kappa shape index (κ1) is 21.4. The van der Waals surface area contributed by atoms with Gasteiger partial charge in [-0.2, -0.15) is 13.2 Å². The molecule has 0 unspecified atom stereocenters. The van der Waals surface area contributed by atoms with Crippen LogP contribution in [0.25, 0.3) is 22.5 Å². The van der Waals surface area contributed by atoms with Crippen molar-refractivity contribution in [3.8, 4) is 22.5 Å². The van der Waals surface area contributed by atoms with E-state index in [2.05, 4.69) is 19.9 Å². The van der Waals surface area contributed by atoms with Crippen molar-refractivity contribution < 1.29 is 33.0 Å². The van der Waals surface area contributed by atoms with Crippen molar-refractivity contribution in [1.29, 1.82) is 0 Å². The molecule has 3 aromatic rings.